The Labute approximate surface area is 191 Å². The number of ether oxygens (including phenoxy) is 1. The number of hydrogen-bond donors (Lipinski definition) is 3. The third-order valence-electron chi connectivity index (χ3n) is 5.04. The number of amides is 2. The zero-order valence-corrected chi connectivity index (χ0v) is 18.2. The van der Waals surface area contributed by atoms with Crippen LogP contribution in [0.25, 0.3) is 17.1 Å². The van der Waals surface area contributed by atoms with Crippen LogP contribution in [0.3, 0.4) is 0 Å². The molecule has 0 fully saturated rings. The van der Waals surface area contributed by atoms with Crippen LogP contribution in [0.5, 0.6) is 5.75 Å². The molecule has 166 valence electrons. The van der Waals surface area contributed by atoms with E-state index in [4.69, 9.17) is 4.74 Å². The number of aromatic nitrogens is 2. The van der Waals surface area contributed by atoms with Crippen LogP contribution in [0.15, 0.2) is 84.6 Å². The number of nitrogens with one attached hydrogen (secondary N) is 3. The molecular formula is C26H24N4O3. The number of benzene rings is 3. The van der Waals surface area contributed by atoms with Gasteiger partial charge in [-0.3, -0.25) is 9.59 Å². The highest BCUT2D eigenvalue weighted by Crippen LogP contribution is 2.13. The predicted molar refractivity (Wildman–Crippen MR) is 128 cm³/mol. The van der Waals surface area contributed by atoms with Crippen molar-refractivity contribution in [2.24, 2.45) is 0 Å². The zero-order chi connectivity index (χ0) is 23.0. The van der Waals surface area contributed by atoms with E-state index in [0.717, 1.165) is 22.4 Å². The van der Waals surface area contributed by atoms with Crippen LogP contribution in [-0.2, 0) is 11.2 Å². The monoisotopic (exact) mass is 440 g/mol. The molecule has 0 radical (unpaired) electrons. The molecule has 0 spiro atoms. The second-order valence-corrected chi connectivity index (χ2v) is 7.36. The molecule has 4 rings (SSSR count). The molecule has 3 aromatic carbocycles. The number of carbonyl (C=O) groups excluding carboxylic acids is 2. The van der Waals surface area contributed by atoms with Gasteiger partial charge in [-0.1, -0.05) is 42.5 Å². The number of rotatable bonds is 8. The number of H-pyrrole nitrogens is 1. The maximum atomic E-state index is 12.9. The lowest BCUT2D eigenvalue weighted by Gasteiger charge is -2.11. The average molecular weight is 441 g/mol. The van der Waals surface area contributed by atoms with Crippen molar-refractivity contribution in [1.82, 2.24) is 20.6 Å². The van der Waals surface area contributed by atoms with Gasteiger partial charge in [-0.05, 0) is 48.0 Å². The van der Waals surface area contributed by atoms with E-state index in [2.05, 4.69) is 20.6 Å². The molecule has 0 aliphatic rings. The highest BCUT2D eigenvalue weighted by Gasteiger charge is 2.15. The number of imidazole rings is 1. The Morgan fingerprint density at radius 2 is 1.70 bits per heavy atom. The molecule has 4 aromatic rings. The summed E-state index contributed by atoms with van der Waals surface area (Å²) < 4.78 is 5.13. The molecule has 33 heavy (non-hydrogen) atoms. The summed E-state index contributed by atoms with van der Waals surface area (Å²) in [5.41, 5.74) is 3.22. The fraction of sp³-hybridized carbons (Fsp3) is 0.115. The normalized spacial score (nSPS) is 11.2. The third-order valence-corrected chi connectivity index (χ3v) is 5.04. The van der Waals surface area contributed by atoms with Gasteiger partial charge in [0, 0.05) is 18.5 Å². The van der Waals surface area contributed by atoms with Gasteiger partial charge < -0.3 is 20.4 Å². The Hall–Kier alpha value is -4.39. The van der Waals surface area contributed by atoms with Gasteiger partial charge in [0.1, 0.15) is 17.3 Å². The maximum absolute atomic E-state index is 12.9. The van der Waals surface area contributed by atoms with Gasteiger partial charge in [0.15, 0.2) is 0 Å². The molecule has 3 N–H and O–H groups in total. The summed E-state index contributed by atoms with van der Waals surface area (Å²) in [4.78, 5) is 33.5. The van der Waals surface area contributed by atoms with E-state index in [9.17, 15) is 9.59 Å². The minimum absolute atomic E-state index is 0.159. The van der Waals surface area contributed by atoms with Crippen LogP contribution in [0.1, 0.15) is 21.7 Å². The molecule has 1 aromatic heterocycles. The van der Waals surface area contributed by atoms with Crippen molar-refractivity contribution in [3.05, 3.63) is 102 Å². The summed E-state index contributed by atoms with van der Waals surface area (Å²) in [7, 11) is 1.56. The van der Waals surface area contributed by atoms with Gasteiger partial charge in [0.25, 0.3) is 11.8 Å². The van der Waals surface area contributed by atoms with Crippen LogP contribution in [0.2, 0.25) is 0 Å². The second kappa shape index (κ2) is 10.3. The number of methoxy groups -OCH3 is 1. The molecule has 0 bridgehead atoms. The van der Waals surface area contributed by atoms with Crippen LogP contribution in [0, 0.1) is 0 Å². The lowest BCUT2D eigenvalue weighted by Crippen LogP contribution is -2.35. The summed E-state index contributed by atoms with van der Waals surface area (Å²) in [6, 6.07) is 23.8. The number of para-hydroxylation sites is 2. The van der Waals surface area contributed by atoms with Crippen molar-refractivity contribution in [2.45, 2.75) is 6.42 Å². The van der Waals surface area contributed by atoms with E-state index in [1.165, 1.54) is 0 Å². The summed E-state index contributed by atoms with van der Waals surface area (Å²) >= 11 is 0. The van der Waals surface area contributed by atoms with E-state index in [1.54, 1.807) is 37.5 Å². The standard InChI is InChI=1S/C26H24N4O3/c1-33-20-13-11-19(12-14-20)25(31)30-23(17-18-7-3-2-4-8-18)26(32)27-16-15-24-28-21-9-5-6-10-22(21)29-24/h2-14,17H,15-16H2,1H3,(H,27,32)(H,28,29)(H,30,31)/b23-17-. The van der Waals surface area contributed by atoms with Gasteiger partial charge in [-0.25, -0.2) is 4.98 Å². The van der Waals surface area contributed by atoms with E-state index in [0.29, 0.717) is 24.3 Å². The highest BCUT2D eigenvalue weighted by atomic mass is 16.5. The zero-order valence-electron chi connectivity index (χ0n) is 18.2. The fourth-order valence-corrected chi connectivity index (χ4v) is 3.32. The highest BCUT2D eigenvalue weighted by molar-refractivity contribution is 6.05. The van der Waals surface area contributed by atoms with Crippen LogP contribution in [-0.4, -0.2) is 35.4 Å². The van der Waals surface area contributed by atoms with Gasteiger partial charge in [0.2, 0.25) is 0 Å². The van der Waals surface area contributed by atoms with Gasteiger partial charge in [0.05, 0.1) is 18.1 Å². The lowest BCUT2D eigenvalue weighted by molar-refractivity contribution is -0.117. The molecule has 2 amide bonds. The summed E-state index contributed by atoms with van der Waals surface area (Å²) in [6.45, 7) is 0.364. The van der Waals surface area contributed by atoms with Crippen LogP contribution in [0.4, 0.5) is 0 Å². The van der Waals surface area contributed by atoms with E-state index in [1.807, 2.05) is 54.6 Å². The first kappa shape index (κ1) is 21.8. The first-order valence-electron chi connectivity index (χ1n) is 10.6. The molecule has 0 saturated heterocycles. The minimum atomic E-state index is -0.382. The molecular weight excluding hydrogens is 416 g/mol. The van der Waals surface area contributed by atoms with Gasteiger partial charge in [-0.15, -0.1) is 0 Å². The SMILES string of the molecule is COc1ccc(C(=O)N/C(=C\c2ccccc2)C(=O)NCCc2nc3ccccc3[nH]2)cc1. The Balaban J connectivity index is 1.45. The first-order valence-corrected chi connectivity index (χ1v) is 10.6. The van der Waals surface area contributed by atoms with Crippen molar-refractivity contribution in [3.63, 3.8) is 0 Å². The molecule has 0 unspecified atom stereocenters. The van der Waals surface area contributed by atoms with Crippen molar-refractivity contribution in [1.29, 1.82) is 0 Å². The smallest absolute Gasteiger partial charge is 0.267 e. The second-order valence-electron chi connectivity index (χ2n) is 7.36. The average Bonchev–Trinajstić information content (AvgIpc) is 3.27. The molecule has 0 atom stereocenters. The Morgan fingerprint density at radius 1 is 0.970 bits per heavy atom. The minimum Gasteiger partial charge on any atom is -0.497 e. The Bertz CT molecular complexity index is 1240. The first-order chi connectivity index (χ1) is 16.1. The number of carbonyl (C=O) groups is 2. The van der Waals surface area contributed by atoms with Crippen molar-refractivity contribution < 1.29 is 14.3 Å². The quantitative estimate of drug-likeness (QED) is 0.364. The number of nitrogens with zero attached hydrogens (tertiary/aromatic N) is 1. The lowest BCUT2D eigenvalue weighted by atomic mass is 10.1. The van der Waals surface area contributed by atoms with Crippen molar-refractivity contribution >= 4 is 28.9 Å². The van der Waals surface area contributed by atoms with Crippen LogP contribution < -0.4 is 15.4 Å². The van der Waals surface area contributed by atoms with Crippen LogP contribution >= 0.6 is 0 Å². The fourth-order valence-electron chi connectivity index (χ4n) is 3.32. The van der Waals surface area contributed by atoms with Crippen molar-refractivity contribution in [3.8, 4) is 5.75 Å². The van der Waals surface area contributed by atoms with E-state index < -0.39 is 0 Å². The van der Waals surface area contributed by atoms with Gasteiger partial charge in [-0.2, -0.15) is 0 Å². The molecule has 1 heterocycles. The third kappa shape index (κ3) is 5.65. The topological polar surface area (TPSA) is 96.1 Å². The predicted octanol–water partition coefficient (Wildman–Crippen LogP) is 3.70. The Morgan fingerprint density at radius 3 is 2.42 bits per heavy atom. The maximum Gasteiger partial charge on any atom is 0.267 e. The van der Waals surface area contributed by atoms with Crippen molar-refractivity contribution in [2.75, 3.05) is 13.7 Å². The summed E-state index contributed by atoms with van der Waals surface area (Å²) in [5.74, 6) is 0.673. The molecule has 0 aliphatic carbocycles. The number of fused-ring (bicyclic) bond motifs is 1. The molecule has 0 saturated carbocycles. The van der Waals surface area contributed by atoms with E-state index >= 15 is 0 Å². The largest absolute Gasteiger partial charge is 0.497 e. The molecule has 7 nitrogen and oxygen atoms in total. The molecule has 0 aliphatic heterocycles. The Kier molecular flexibility index (Phi) is 6.80. The summed E-state index contributed by atoms with van der Waals surface area (Å²) in [5, 5.41) is 5.60. The van der Waals surface area contributed by atoms with Gasteiger partial charge >= 0.3 is 0 Å². The van der Waals surface area contributed by atoms with E-state index in [-0.39, 0.29) is 17.5 Å². The molecule has 7 heteroatoms. The summed E-state index contributed by atoms with van der Waals surface area (Å²) in [6.07, 6.45) is 2.18. The number of hydrogen-bond acceptors (Lipinski definition) is 4. The number of aromatic amines is 1.